The van der Waals surface area contributed by atoms with E-state index in [0.717, 1.165) is 11.1 Å². The number of hydrogen-bond donors (Lipinski definition) is 0. The van der Waals surface area contributed by atoms with E-state index >= 15 is 0 Å². The highest BCUT2D eigenvalue weighted by Crippen LogP contribution is 2.43. The Morgan fingerprint density at radius 2 is 0.341 bits per heavy atom. The van der Waals surface area contributed by atoms with Crippen LogP contribution in [0.3, 0.4) is 0 Å². The van der Waals surface area contributed by atoms with Crippen molar-refractivity contribution in [3.05, 3.63) is 289 Å². The molecule has 0 N–H and O–H groups in total. The van der Waals surface area contributed by atoms with Crippen LogP contribution in [-0.4, -0.2) is 143 Å². The highest BCUT2D eigenvalue weighted by Gasteiger charge is 2.49. The molecule has 17 rings (SSSR count). The molecule has 27 nitrogen and oxygen atoms in total. The lowest BCUT2D eigenvalue weighted by atomic mass is 9.78. The molecule has 6 aliphatic heterocycles. The third-order valence-electron chi connectivity index (χ3n) is 23.7. The summed E-state index contributed by atoms with van der Waals surface area (Å²) >= 11 is 0. The molecule has 0 saturated carbocycles. The molecular formula is C105H106N8O19. The smallest absolute Gasteiger partial charge is 0.262 e. The van der Waals surface area contributed by atoms with Crippen LogP contribution in [0, 0.1) is 0 Å². The Bertz CT molecular complexity index is 6620. The fourth-order valence-electron chi connectivity index (χ4n) is 17.3. The molecule has 0 radical (unpaired) electrons. The number of carbonyl (C=O) groups is 12. The van der Waals surface area contributed by atoms with Gasteiger partial charge in [-0.25, -0.2) is 0 Å². The first-order chi connectivity index (χ1) is 60.9. The highest BCUT2D eigenvalue weighted by atomic mass is 16.5. The topological polar surface area (TPSA) is 330 Å². The van der Waals surface area contributed by atoms with E-state index in [1.54, 1.807) is 180 Å². The number of aromatic nitrogens is 2. The molecule has 9 aromatic carbocycles. The van der Waals surface area contributed by atoms with Gasteiger partial charge in [0.25, 0.3) is 93.1 Å². The SMILES string of the molecule is CC(C)(C)N1C(=O)c2ccc(-c3ccc4c(c3)C(=O)N(C(C)(C)C)C4=O)cc2C1=O.CC(C)(C)N1C(=O)c2ccc(Oc3ccc4c(c3)C(=O)N(C(C)(C)C)C4=O)cc2C1=O.CC(C)(C)n1c(=O)c2cc3c(=O)n(C(C)(C)C)c(=O)c3cc2c1=O.CC(C)(c1ccc(Oc2ccc3c(c2)C(=O)N(C(C)(C)C)C3=O)cc1)c1ccc(Oc2ccc3c(c2)C(=O)N(C(C)(C)C)C3=O)cc1. The Hall–Kier alpha value is -14.5. The van der Waals surface area contributed by atoms with Gasteiger partial charge in [0.2, 0.25) is 0 Å². The van der Waals surface area contributed by atoms with Crippen molar-refractivity contribution >= 4 is 92.4 Å². The fraction of sp³-hybridized carbons (Fsp3) is 0.333. The minimum atomic E-state index is -0.677. The fourth-order valence-corrected chi connectivity index (χ4v) is 17.3. The second-order valence-electron chi connectivity index (χ2n) is 42.2. The molecule has 132 heavy (non-hydrogen) atoms. The summed E-state index contributed by atoms with van der Waals surface area (Å²) in [5.74, 6) is -0.960. The maximum Gasteiger partial charge on any atom is 0.262 e. The summed E-state index contributed by atoms with van der Waals surface area (Å²) in [5, 5.41) is 0.743. The van der Waals surface area contributed by atoms with E-state index in [9.17, 15) is 76.7 Å². The second kappa shape index (κ2) is 32.0. The first-order valence-corrected chi connectivity index (χ1v) is 43.3. The Morgan fingerprint density at radius 3 is 0.530 bits per heavy atom. The molecule has 11 aromatic rings. The summed E-state index contributed by atoms with van der Waals surface area (Å²) in [6, 6.07) is 47.9. The van der Waals surface area contributed by atoms with Crippen molar-refractivity contribution in [3.8, 4) is 45.6 Å². The molecule has 27 heteroatoms. The molecule has 2 aromatic heterocycles. The number of rotatable bonds is 9. The van der Waals surface area contributed by atoms with Crippen molar-refractivity contribution in [2.75, 3.05) is 0 Å². The third kappa shape index (κ3) is 16.4. The molecule has 0 saturated heterocycles. The van der Waals surface area contributed by atoms with E-state index in [1.807, 2.05) is 132 Å². The normalized spacial score (nSPS) is 15.3. The predicted molar refractivity (Wildman–Crippen MR) is 499 cm³/mol. The van der Waals surface area contributed by atoms with Crippen molar-refractivity contribution < 1.29 is 71.7 Å². The average molecular weight is 1780 g/mol. The Morgan fingerprint density at radius 1 is 0.174 bits per heavy atom. The zero-order chi connectivity index (χ0) is 97.3. The van der Waals surface area contributed by atoms with E-state index in [4.69, 9.17) is 14.2 Å². The lowest BCUT2D eigenvalue weighted by Crippen LogP contribution is -2.45. The third-order valence-corrected chi connectivity index (χ3v) is 23.7. The Labute approximate surface area is 763 Å². The van der Waals surface area contributed by atoms with E-state index in [0.29, 0.717) is 101 Å². The van der Waals surface area contributed by atoms with E-state index in [2.05, 4.69) is 13.8 Å². The Balaban J connectivity index is 0.000000146. The van der Waals surface area contributed by atoms with Gasteiger partial charge in [-0.3, -0.25) is 115 Å². The quantitative estimate of drug-likeness (QED) is 0.121. The van der Waals surface area contributed by atoms with E-state index in [-0.39, 0.29) is 109 Å². The van der Waals surface area contributed by atoms with Crippen LogP contribution in [0.25, 0.3) is 32.7 Å². The van der Waals surface area contributed by atoms with Crippen molar-refractivity contribution in [2.24, 2.45) is 0 Å². The number of carbonyl (C=O) groups excluding carboxylic acids is 12. The van der Waals surface area contributed by atoms with Crippen LogP contribution >= 0.6 is 0 Å². The zero-order valence-corrected chi connectivity index (χ0v) is 79.0. The number of benzene rings is 9. The van der Waals surface area contributed by atoms with Gasteiger partial charge >= 0.3 is 0 Å². The molecule has 6 aliphatic rings. The van der Waals surface area contributed by atoms with Crippen LogP contribution < -0.4 is 36.4 Å². The minimum Gasteiger partial charge on any atom is -0.457 e. The number of nitrogens with zero attached hydrogens (tertiary/aromatic N) is 8. The van der Waals surface area contributed by atoms with Crippen LogP contribution in [0.2, 0.25) is 0 Å². The number of hydrogen-bond acceptors (Lipinski definition) is 19. The lowest BCUT2D eigenvalue weighted by Gasteiger charge is -2.29. The molecule has 0 atom stereocenters. The van der Waals surface area contributed by atoms with Crippen LogP contribution in [-0.2, 0) is 16.5 Å². The van der Waals surface area contributed by atoms with Crippen LogP contribution in [0.4, 0.5) is 0 Å². The largest absolute Gasteiger partial charge is 0.457 e. The zero-order valence-electron chi connectivity index (χ0n) is 79.0. The van der Waals surface area contributed by atoms with Crippen LogP contribution in [0.5, 0.6) is 34.5 Å². The molecule has 0 bridgehead atoms. The maximum absolute atomic E-state index is 13.0. The number of ether oxygens (including phenoxy) is 3. The summed E-state index contributed by atoms with van der Waals surface area (Å²) < 4.78 is 20.4. The van der Waals surface area contributed by atoms with Gasteiger partial charge in [0.1, 0.15) is 34.5 Å². The standard InChI is InChI=1S/C39H38N2O6.C24H24N2O5.C24H24N2O4.C18H20N2O4/c1-37(2,3)40-33(42)29-19-17-27(21-31(29)35(40)44)46-25-13-9-23(10-14-25)39(7,8)24-11-15-26(16-12-24)47-28-18-20-30-32(22-28)36(45)41(34(30)43)38(4,5)6;1-23(2,3)25-19(27)15-9-7-13(11-17(15)21(25)29)31-14-8-10-16-18(12-14)22(30)26(20(16)28)24(4,5)6;1-23(2,3)25-19(27)15-9-7-13(11-17(15)21(25)29)14-8-10-16-18(12-14)22(30)26(20(16)28)24(4,5)6;1-17(2,3)19-13(21)9-7-11-12(8-10(9)14(19)22)16(24)20(15(11)23)18(4,5)6/h9-22H,1-8H3;7-12H,1-6H3;7-12H,1-6H3;7-8H,1-6H3. The predicted octanol–water partition coefficient (Wildman–Crippen LogP) is 18.2. The van der Waals surface area contributed by atoms with Crippen molar-refractivity contribution in [3.63, 3.8) is 0 Å². The lowest BCUT2D eigenvalue weighted by molar-refractivity contribution is 0.0489. The van der Waals surface area contributed by atoms with E-state index in [1.165, 1.54) is 62.8 Å². The molecule has 0 fully saturated rings. The maximum atomic E-state index is 13.0. The van der Waals surface area contributed by atoms with E-state index < -0.39 is 66.5 Å². The monoisotopic (exact) mass is 1780 g/mol. The molecule has 0 aliphatic carbocycles. The Kier molecular flexibility index (Phi) is 22.7. The number of fused-ring (bicyclic) bond motifs is 8. The summed E-state index contributed by atoms with van der Waals surface area (Å²) in [4.78, 5) is 212. The molecule has 0 unspecified atom stereocenters. The van der Waals surface area contributed by atoms with Gasteiger partial charge in [0.05, 0.1) is 88.3 Å². The van der Waals surface area contributed by atoms with Gasteiger partial charge in [0, 0.05) is 49.7 Å². The van der Waals surface area contributed by atoms with Crippen LogP contribution in [0.15, 0.2) is 189 Å². The summed E-state index contributed by atoms with van der Waals surface area (Å²) in [6.07, 6.45) is 0. The average Bonchev–Trinajstić information content (AvgIpc) is 1.56. The molecule has 0 spiro atoms. The molecule has 680 valence electrons. The second-order valence-corrected chi connectivity index (χ2v) is 42.2. The first-order valence-electron chi connectivity index (χ1n) is 43.3. The molecule has 12 amide bonds. The van der Waals surface area contributed by atoms with Crippen molar-refractivity contribution in [1.82, 2.24) is 38.5 Å². The minimum absolute atomic E-state index is 0.186. The molecular weight excluding hydrogens is 1680 g/mol. The van der Waals surface area contributed by atoms with Crippen molar-refractivity contribution in [2.45, 2.75) is 230 Å². The highest BCUT2D eigenvalue weighted by molar-refractivity contribution is 6.26. The van der Waals surface area contributed by atoms with Gasteiger partial charge in [-0.05, 0) is 322 Å². The summed E-state index contributed by atoms with van der Waals surface area (Å²) in [7, 11) is 0. The summed E-state index contributed by atoms with van der Waals surface area (Å²) in [5.41, 5.74) is 0.546. The van der Waals surface area contributed by atoms with Gasteiger partial charge in [-0.1, -0.05) is 50.2 Å². The van der Waals surface area contributed by atoms with Gasteiger partial charge in [-0.2, -0.15) is 0 Å². The van der Waals surface area contributed by atoms with Crippen LogP contribution in [0.1, 0.15) is 315 Å². The number of imide groups is 6. The molecule has 8 heterocycles. The van der Waals surface area contributed by atoms with Crippen molar-refractivity contribution in [1.29, 1.82) is 0 Å². The first kappa shape index (κ1) is 93.6. The summed E-state index contributed by atoms with van der Waals surface area (Å²) in [6.45, 7) is 47.6. The number of amides is 12. The van der Waals surface area contributed by atoms with Gasteiger partial charge in [-0.15, -0.1) is 0 Å². The van der Waals surface area contributed by atoms with Gasteiger partial charge in [0.15, 0.2) is 0 Å². The van der Waals surface area contributed by atoms with Gasteiger partial charge < -0.3 is 14.2 Å².